The van der Waals surface area contributed by atoms with Crippen molar-refractivity contribution >= 4 is 0 Å². The Morgan fingerprint density at radius 1 is 2.00 bits per heavy atom. The maximum atomic E-state index is 8.56. The second-order valence-corrected chi connectivity index (χ2v) is 0.201. The third-order valence-electron chi connectivity index (χ3n) is 0.0481. The second-order valence-electron chi connectivity index (χ2n) is 0.201. The first-order valence-electron chi connectivity index (χ1n) is 0.659. The van der Waals surface area contributed by atoms with Crippen LogP contribution in [0.3, 0.4) is 0 Å². The van der Waals surface area contributed by atoms with E-state index >= 15 is 0 Å². The van der Waals surface area contributed by atoms with Gasteiger partial charge in [-0.1, -0.05) is 6.42 Å². The first-order valence-corrected chi connectivity index (χ1v) is 0.659. The van der Waals surface area contributed by atoms with Crippen molar-refractivity contribution in [2.24, 2.45) is 0 Å². The molecule has 0 fully saturated rings. The molecule has 0 aromatic heterocycles. The minimum atomic E-state index is 1.38. The molecule has 0 saturated carbocycles. The lowest BCUT2D eigenvalue weighted by Gasteiger charge is -1.87. The third kappa shape index (κ3) is 1.32. The zero-order valence-corrected chi connectivity index (χ0v) is 1.89. The van der Waals surface area contributed by atoms with Gasteiger partial charge in [-0.2, -0.15) is 0 Å². The summed E-state index contributed by atoms with van der Waals surface area (Å²) in [6.45, 7) is 0. The van der Waals surface area contributed by atoms with Crippen LogP contribution in [0.2, 0.25) is 0 Å². The van der Waals surface area contributed by atoms with Crippen LogP contribution in [-0.4, -0.2) is 0 Å². The zero-order valence-electron chi connectivity index (χ0n) is 1.89. The summed E-state index contributed by atoms with van der Waals surface area (Å²) in [5.41, 5.74) is 0. The van der Waals surface area contributed by atoms with E-state index in [0.29, 0.717) is 0 Å². The molecule has 0 unspecified atom stereocenters. The summed E-state index contributed by atoms with van der Waals surface area (Å²) in [7, 11) is 0. The van der Waals surface area contributed by atoms with Gasteiger partial charge < -0.3 is 10.1 Å². The van der Waals surface area contributed by atoms with Crippen LogP contribution >= 0.6 is 0 Å². The van der Waals surface area contributed by atoms with Crippen molar-refractivity contribution in [1.82, 2.24) is 0 Å². The summed E-state index contributed by atoms with van der Waals surface area (Å²) in [5, 5.41) is 8.56. The van der Waals surface area contributed by atoms with E-state index in [4.69, 9.17) is 5.26 Å². The highest BCUT2D eigenvalue weighted by molar-refractivity contribution is 4.63. The Hall–Kier alpha value is -0.680. The smallest absolute Gasteiger partial charge is 0.100 e. The van der Waals surface area contributed by atoms with Crippen LogP contribution in [0.15, 0.2) is 0 Å². The van der Waals surface area contributed by atoms with E-state index < -0.39 is 0 Å². The predicted molar refractivity (Wildman–Crippen MR) is 9.92 cm³/mol. The van der Waals surface area contributed by atoms with Gasteiger partial charge in [0, 0.05) is 0 Å². The van der Waals surface area contributed by atoms with Crippen LogP contribution in [-0.2, 0) is 4.89 Å². The average molecular weight is 57.0 g/mol. The molecule has 0 N–H and O–H groups in total. The fourth-order valence-corrected chi connectivity index (χ4v) is 0. The van der Waals surface area contributed by atoms with E-state index in [1.54, 1.807) is 0 Å². The first kappa shape index (κ1) is 3.32. The van der Waals surface area contributed by atoms with Crippen LogP contribution in [0.5, 0.6) is 0 Å². The van der Waals surface area contributed by atoms with Crippen LogP contribution in [0.1, 0.15) is 0 Å². The van der Waals surface area contributed by atoms with Crippen molar-refractivity contribution in [2.75, 3.05) is 0 Å². The molecule has 0 saturated heterocycles. The minimum absolute atomic E-state index is 1.38. The molecule has 0 aromatic rings. The topological polar surface area (TPSA) is 32.3 Å². The van der Waals surface area contributed by atoms with Gasteiger partial charge in [0.1, 0.15) is 6.11 Å². The molecule has 0 spiro atoms. The van der Waals surface area contributed by atoms with Gasteiger partial charge in [-0.3, -0.25) is 0 Å². The molecule has 0 amide bonds. The Morgan fingerprint density at radius 3 is 2.25 bits per heavy atom. The lowest BCUT2D eigenvalue weighted by molar-refractivity contribution is -0.658. The quantitative estimate of drug-likeness (QED) is 0.200. The molecule has 0 rings (SSSR count). The number of hydrogen-bond acceptors (Lipinski definition) is 2. The van der Waals surface area contributed by atoms with E-state index in [-0.39, 0.29) is 0 Å². The molecule has 0 aliphatic heterocycles. The summed E-state index contributed by atoms with van der Waals surface area (Å²) in [6, 6.07) is 0. The van der Waals surface area contributed by atoms with Gasteiger partial charge in [-0.25, -0.2) is 0 Å². The third-order valence-corrected chi connectivity index (χ3v) is 0.0481. The van der Waals surface area contributed by atoms with Gasteiger partial charge in [0.15, 0.2) is 0 Å². The van der Waals surface area contributed by atoms with Crippen LogP contribution in [0, 0.1) is 12.5 Å². The molecule has 0 bridgehead atoms. The van der Waals surface area contributed by atoms with E-state index in [9.17, 15) is 0 Å². The lowest BCUT2D eigenvalue weighted by atomic mass is 11.3. The number of rotatable bonds is 0. The van der Waals surface area contributed by atoms with E-state index in [0.717, 1.165) is 0 Å². The second kappa shape index (κ2) is 2.32. The van der Waals surface area contributed by atoms with Crippen molar-refractivity contribution in [3.63, 3.8) is 0 Å². The highest BCUT2D eigenvalue weighted by Crippen LogP contribution is 1.30. The molecule has 4 heavy (non-hydrogen) atoms. The van der Waals surface area contributed by atoms with Gasteiger partial charge in [-0.15, -0.1) is 0 Å². The van der Waals surface area contributed by atoms with Gasteiger partial charge >= 0.3 is 0 Å². The Balaban J connectivity index is 2.43. The molecule has 2 heteroatoms. The normalized spacial score (nSPS) is 4.00. The standard InChI is InChI=1S/C2H2O2/c1-2-4-3/h1,3H/p-1. The maximum Gasteiger partial charge on any atom is 0.100 e. The summed E-state index contributed by atoms with van der Waals surface area (Å²) in [6.07, 6.45) is 5.62. The van der Waals surface area contributed by atoms with Crippen molar-refractivity contribution in [3.8, 4) is 12.5 Å². The van der Waals surface area contributed by atoms with Gasteiger partial charge in [0.05, 0.1) is 0 Å². The molecular formula is C2HO2-. The van der Waals surface area contributed by atoms with Gasteiger partial charge in [-0.05, 0) is 0 Å². The van der Waals surface area contributed by atoms with E-state index in [2.05, 4.69) is 11.3 Å². The average Bonchev–Trinajstić information content (AvgIpc) is 1.37. The van der Waals surface area contributed by atoms with Crippen molar-refractivity contribution < 1.29 is 10.1 Å². The SMILES string of the molecule is C#CO[O-]. The summed E-state index contributed by atoms with van der Waals surface area (Å²) < 4.78 is 0. The molecule has 0 aromatic carbocycles. The minimum Gasteiger partial charge on any atom is -0.653 e. The monoisotopic (exact) mass is 57.0 g/mol. The predicted octanol–water partition coefficient (Wildman–Crippen LogP) is -1.13. The zero-order chi connectivity index (χ0) is 3.41. The van der Waals surface area contributed by atoms with Gasteiger partial charge in [0.25, 0.3) is 0 Å². The molecule has 0 aliphatic carbocycles. The fourth-order valence-electron chi connectivity index (χ4n) is 0. The van der Waals surface area contributed by atoms with E-state index in [1.165, 1.54) is 6.11 Å². The molecule has 2 nitrogen and oxygen atoms in total. The molecule has 0 heterocycles. The Kier molecular flexibility index (Phi) is 1.93. The van der Waals surface area contributed by atoms with E-state index in [1.807, 2.05) is 0 Å². The largest absolute Gasteiger partial charge is 0.653 e. The summed E-state index contributed by atoms with van der Waals surface area (Å²) in [5.74, 6) is 0. The number of hydrogen-bond donors (Lipinski definition) is 0. The molecule has 0 aliphatic rings. The highest BCUT2D eigenvalue weighted by atomic mass is 17.1. The number of terminal acetylenes is 1. The fraction of sp³-hybridized carbons (Fsp3) is 0. The molecule has 0 radical (unpaired) electrons. The Labute approximate surface area is 23.9 Å². The van der Waals surface area contributed by atoms with Gasteiger partial charge in [0.2, 0.25) is 0 Å². The molecular weight excluding hydrogens is 56.0 g/mol. The maximum absolute atomic E-state index is 8.56. The van der Waals surface area contributed by atoms with Crippen molar-refractivity contribution in [3.05, 3.63) is 0 Å². The first-order chi connectivity index (χ1) is 1.91. The van der Waals surface area contributed by atoms with Crippen LogP contribution in [0.4, 0.5) is 0 Å². The Morgan fingerprint density at radius 2 is 2.25 bits per heavy atom. The Bertz CT molecular complexity index is 33.8. The molecule has 0 atom stereocenters. The molecule has 22 valence electrons. The lowest BCUT2D eigenvalue weighted by Crippen LogP contribution is -1.95. The van der Waals surface area contributed by atoms with Crippen LogP contribution < -0.4 is 5.26 Å². The van der Waals surface area contributed by atoms with Crippen molar-refractivity contribution in [2.45, 2.75) is 0 Å². The van der Waals surface area contributed by atoms with Crippen LogP contribution in [0.25, 0.3) is 0 Å². The summed E-state index contributed by atoms with van der Waals surface area (Å²) >= 11 is 0. The van der Waals surface area contributed by atoms with Crippen molar-refractivity contribution in [1.29, 1.82) is 0 Å². The highest BCUT2D eigenvalue weighted by Gasteiger charge is 1.21. The summed E-state index contributed by atoms with van der Waals surface area (Å²) in [4.78, 5) is 2.82.